The molecule has 0 atom stereocenters. The summed E-state index contributed by atoms with van der Waals surface area (Å²) in [6.07, 6.45) is 1.15. The molecule has 0 aliphatic heterocycles. The molecule has 0 saturated carbocycles. The van der Waals surface area contributed by atoms with Gasteiger partial charge in [0, 0.05) is 24.1 Å². The Hall–Kier alpha value is -1.26. The number of hydrogen-bond donors (Lipinski definition) is 1. The summed E-state index contributed by atoms with van der Waals surface area (Å²) in [5.74, 6) is 0. The van der Waals surface area contributed by atoms with Crippen LogP contribution in [0.4, 0.5) is 0 Å². The van der Waals surface area contributed by atoms with E-state index in [-0.39, 0.29) is 0 Å². The first-order valence-corrected chi connectivity index (χ1v) is 8.32. The molecule has 1 aromatic carbocycles. The highest BCUT2D eigenvalue weighted by Crippen LogP contribution is 2.34. The summed E-state index contributed by atoms with van der Waals surface area (Å²) in [5, 5.41) is 9.33. The number of hydrogen-bond acceptors (Lipinski definition) is 3. The molecule has 0 radical (unpaired) electrons. The van der Waals surface area contributed by atoms with Crippen molar-refractivity contribution >= 4 is 11.8 Å². The van der Waals surface area contributed by atoms with E-state index in [9.17, 15) is 0 Å². The molecule has 21 heavy (non-hydrogen) atoms. The van der Waals surface area contributed by atoms with Gasteiger partial charge in [0.25, 0.3) is 0 Å². The topological polar surface area (TPSA) is 29.9 Å². The molecule has 0 aliphatic rings. The third kappa shape index (κ3) is 3.89. The normalized spacial score (nSPS) is 11.1. The van der Waals surface area contributed by atoms with Gasteiger partial charge in [-0.1, -0.05) is 30.8 Å². The van der Waals surface area contributed by atoms with Crippen molar-refractivity contribution in [3.05, 3.63) is 40.6 Å². The van der Waals surface area contributed by atoms with Gasteiger partial charge in [0.05, 0.1) is 5.69 Å². The SMILES string of the molecule is CCCNCc1c(C)nn(C)c1Sc1cc(C)ccc1C. The molecule has 114 valence electrons. The molecule has 0 unspecified atom stereocenters. The van der Waals surface area contributed by atoms with Gasteiger partial charge in [-0.2, -0.15) is 5.10 Å². The van der Waals surface area contributed by atoms with E-state index >= 15 is 0 Å². The number of benzene rings is 1. The number of nitrogens with one attached hydrogen (secondary N) is 1. The van der Waals surface area contributed by atoms with Crippen molar-refractivity contribution in [2.75, 3.05) is 6.54 Å². The maximum atomic E-state index is 4.59. The van der Waals surface area contributed by atoms with Crippen molar-refractivity contribution in [1.29, 1.82) is 0 Å². The zero-order valence-corrected chi connectivity index (χ0v) is 14.5. The van der Waals surface area contributed by atoms with Gasteiger partial charge in [-0.15, -0.1) is 0 Å². The van der Waals surface area contributed by atoms with Gasteiger partial charge in [0.2, 0.25) is 0 Å². The number of nitrogens with zero attached hydrogens (tertiary/aromatic N) is 2. The molecule has 0 aliphatic carbocycles. The Morgan fingerprint density at radius 2 is 2.00 bits per heavy atom. The van der Waals surface area contributed by atoms with Crippen LogP contribution in [0, 0.1) is 20.8 Å². The maximum absolute atomic E-state index is 4.59. The highest BCUT2D eigenvalue weighted by molar-refractivity contribution is 7.99. The van der Waals surface area contributed by atoms with Crippen LogP contribution < -0.4 is 5.32 Å². The third-order valence-corrected chi connectivity index (χ3v) is 4.93. The average Bonchev–Trinajstić information content (AvgIpc) is 2.70. The Morgan fingerprint density at radius 1 is 1.24 bits per heavy atom. The zero-order valence-electron chi connectivity index (χ0n) is 13.7. The van der Waals surface area contributed by atoms with Crippen molar-refractivity contribution in [2.24, 2.45) is 7.05 Å². The van der Waals surface area contributed by atoms with Gasteiger partial charge in [-0.3, -0.25) is 4.68 Å². The second-order valence-electron chi connectivity index (χ2n) is 5.54. The van der Waals surface area contributed by atoms with Crippen molar-refractivity contribution in [3.63, 3.8) is 0 Å². The first kappa shape index (κ1) is 16.1. The van der Waals surface area contributed by atoms with Gasteiger partial charge >= 0.3 is 0 Å². The minimum Gasteiger partial charge on any atom is -0.313 e. The van der Waals surface area contributed by atoms with Gasteiger partial charge in [0.15, 0.2) is 0 Å². The summed E-state index contributed by atoms with van der Waals surface area (Å²) >= 11 is 1.82. The predicted molar refractivity (Wildman–Crippen MR) is 90.0 cm³/mol. The second-order valence-corrected chi connectivity index (χ2v) is 6.57. The second kappa shape index (κ2) is 7.14. The molecule has 0 spiro atoms. The minimum atomic E-state index is 0.890. The lowest BCUT2D eigenvalue weighted by Gasteiger charge is -2.10. The summed E-state index contributed by atoms with van der Waals surface area (Å²) in [4.78, 5) is 1.31. The van der Waals surface area contributed by atoms with Crippen LogP contribution in [0.25, 0.3) is 0 Å². The summed E-state index contributed by atoms with van der Waals surface area (Å²) in [6.45, 7) is 10.5. The van der Waals surface area contributed by atoms with Crippen LogP contribution in [0.2, 0.25) is 0 Å². The molecule has 0 bridgehead atoms. The molecule has 1 aromatic heterocycles. The fourth-order valence-electron chi connectivity index (χ4n) is 2.32. The summed E-state index contributed by atoms with van der Waals surface area (Å²) in [7, 11) is 2.03. The Morgan fingerprint density at radius 3 is 2.71 bits per heavy atom. The standard InChI is InChI=1S/C17H25N3S/c1-6-9-18-11-15-14(4)19-20(5)17(15)21-16-10-12(2)7-8-13(16)3/h7-8,10,18H,6,9,11H2,1-5H3. The van der Waals surface area contributed by atoms with E-state index in [1.54, 1.807) is 0 Å². The van der Waals surface area contributed by atoms with Crippen LogP contribution in [0.3, 0.4) is 0 Å². The Balaban J connectivity index is 2.28. The van der Waals surface area contributed by atoms with Crippen LogP contribution >= 0.6 is 11.8 Å². The molecule has 1 heterocycles. The monoisotopic (exact) mass is 303 g/mol. The van der Waals surface area contributed by atoms with Crippen molar-refractivity contribution in [1.82, 2.24) is 15.1 Å². The fraction of sp³-hybridized carbons (Fsp3) is 0.471. The average molecular weight is 303 g/mol. The first-order valence-electron chi connectivity index (χ1n) is 7.51. The lowest BCUT2D eigenvalue weighted by atomic mass is 10.2. The van der Waals surface area contributed by atoms with Crippen LogP contribution in [-0.4, -0.2) is 16.3 Å². The summed E-state index contributed by atoms with van der Waals surface area (Å²) in [5.41, 5.74) is 5.05. The summed E-state index contributed by atoms with van der Waals surface area (Å²) < 4.78 is 2.00. The Bertz CT molecular complexity index is 617. The lowest BCUT2D eigenvalue weighted by Crippen LogP contribution is -2.14. The van der Waals surface area contributed by atoms with E-state index in [2.05, 4.69) is 56.3 Å². The third-order valence-electron chi connectivity index (χ3n) is 3.57. The molecule has 0 fully saturated rings. The highest BCUT2D eigenvalue weighted by atomic mass is 32.2. The van der Waals surface area contributed by atoms with E-state index in [4.69, 9.17) is 0 Å². The molecule has 1 N–H and O–H groups in total. The largest absolute Gasteiger partial charge is 0.313 e. The van der Waals surface area contributed by atoms with E-state index in [1.165, 1.54) is 26.6 Å². The van der Waals surface area contributed by atoms with Gasteiger partial charge in [0.1, 0.15) is 5.03 Å². The van der Waals surface area contributed by atoms with Crippen molar-refractivity contribution < 1.29 is 0 Å². The first-order chi connectivity index (χ1) is 10.0. The number of aromatic nitrogens is 2. The molecular weight excluding hydrogens is 278 g/mol. The molecule has 2 aromatic rings. The van der Waals surface area contributed by atoms with Crippen molar-refractivity contribution in [3.8, 4) is 0 Å². The van der Waals surface area contributed by atoms with Crippen LogP contribution in [0.5, 0.6) is 0 Å². The van der Waals surface area contributed by atoms with Gasteiger partial charge in [-0.25, -0.2) is 0 Å². The predicted octanol–water partition coefficient (Wildman–Crippen LogP) is 4.00. The van der Waals surface area contributed by atoms with E-state index in [0.717, 1.165) is 25.2 Å². The molecule has 2 rings (SSSR count). The van der Waals surface area contributed by atoms with Gasteiger partial charge < -0.3 is 5.32 Å². The smallest absolute Gasteiger partial charge is 0.103 e. The zero-order chi connectivity index (χ0) is 15.4. The van der Waals surface area contributed by atoms with Gasteiger partial charge in [-0.05, 0) is 50.9 Å². The molecule has 0 amide bonds. The molecular formula is C17H25N3S. The maximum Gasteiger partial charge on any atom is 0.103 e. The minimum absolute atomic E-state index is 0.890. The van der Waals surface area contributed by atoms with Crippen LogP contribution in [0.15, 0.2) is 28.1 Å². The quantitative estimate of drug-likeness (QED) is 0.818. The van der Waals surface area contributed by atoms with Crippen LogP contribution in [0.1, 0.15) is 35.7 Å². The molecule has 4 heteroatoms. The van der Waals surface area contributed by atoms with E-state index in [0.29, 0.717) is 0 Å². The molecule has 3 nitrogen and oxygen atoms in total. The highest BCUT2D eigenvalue weighted by Gasteiger charge is 2.15. The summed E-state index contributed by atoms with van der Waals surface area (Å²) in [6, 6.07) is 6.61. The molecule has 0 saturated heterocycles. The Labute approximate surface area is 132 Å². The fourth-order valence-corrected chi connectivity index (χ4v) is 3.52. The number of aryl methyl sites for hydroxylation is 4. The van der Waals surface area contributed by atoms with Crippen LogP contribution in [-0.2, 0) is 13.6 Å². The van der Waals surface area contributed by atoms with E-state index < -0.39 is 0 Å². The lowest BCUT2D eigenvalue weighted by molar-refractivity contribution is 0.653. The van der Waals surface area contributed by atoms with Crippen molar-refractivity contribution in [2.45, 2.75) is 50.6 Å². The Kier molecular flexibility index (Phi) is 5.48. The number of rotatable bonds is 6. The van der Waals surface area contributed by atoms with E-state index in [1.807, 2.05) is 23.5 Å².